The summed E-state index contributed by atoms with van der Waals surface area (Å²) in [5.41, 5.74) is 2.59. The van der Waals surface area contributed by atoms with Crippen LogP contribution in [-0.4, -0.2) is 15.8 Å². The molecule has 2 aromatic rings. The SMILES string of the molecule is CC(=O)c1ccc(-c2ccnc(C)n2)cc1. The van der Waals surface area contributed by atoms with Gasteiger partial charge in [0.15, 0.2) is 5.78 Å². The Morgan fingerprint density at radius 3 is 2.38 bits per heavy atom. The molecule has 0 unspecified atom stereocenters. The molecule has 2 rings (SSSR count). The maximum absolute atomic E-state index is 11.1. The Labute approximate surface area is 94.2 Å². The summed E-state index contributed by atoms with van der Waals surface area (Å²) < 4.78 is 0. The Morgan fingerprint density at radius 2 is 1.81 bits per heavy atom. The standard InChI is InChI=1S/C13H12N2O/c1-9(16)11-3-5-12(6-4-11)13-7-8-14-10(2)15-13/h3-8H,1-2H3. The summed E-state index contributed by atoms with van der Waals surface area (Å²) in [6.07, 6.45) is 1.73. The quantitative estimate of drug-likeness (QED) is 0.719. The highest BCUT2D eigenvalue weighted by Crippen LogP contribution is 2.17. The van der Waals surface area contributed by atoms with Crippen molar-refractivity contribution in [2.45, 2.75) is 13.8 Å². The fourth-order valence-corrected chi connectivity index (χ4v) is 1.49. The maximum Gasteiger partial charge on any atom is 0.159 e. The molecule has 0 radical (unpaired) electrons. The van der Waals surface area contributed by atoms with E-state index < -0.39 is 0 Å². The number of Topliss-reactive ketones (excluding diaryl/α,β-unsaturated/α-hetero) is 1. The maximum atomic E-state index is 11.1. The third-order valence-electron chi connectivity index (χ3n) is 2.36. The number of hydrogen-bond donors (Lipinski definition) is 0. The number of nitrogens with zero attached hydrogens (tertiary/aromatic N) is 2. The summed E-state index contributed by atoms with van der Waals surface area (Å²) in [6.45, 7) is 3.41. The van der Waals surface area contributed by atoms with Crippen LogP contribution < -0.4 is 0 Å². The second-order valence-electron chi connectivity index (χ2n) is 3.62. The number of aryl methyl sites for hydroxylation is 1. The first-order valence-corrected chi connectivity index (χ1v) is 5.08. The highest BCUT2D eigenvalue weighted by Gasteiger charge is 2.02. The van der Waals surface area contributed by atoms with Crippen LogP contribution in [0, 0.1) is 6.92 Å². The molecule has 0 aliphatic carbocycles. The summed E-state index contributed by atoms with van der Waals surface area (Å²) in [5, 5.41) is 0. The van der Waals surface area contributed by atoms with Crippen LogP contribution in [-0.2, 0) is 0 Å². The van der Waals surface area contributed by atoms with Gasteiger partial charge in [-0.15, -0.1) is 0 Å². The molecule has 0 aliphatic rings. The summed E-state index contributed by atoms with van der Waals surface area (Å²) in [5.74, 6) is 0.818. The molecule has 16 heavy (non-hydrogen) atoms. The van der Waals surface area contributed by atoms with Crippen LogP contribution in [0.15, 0.2) is 36.5 Å². The third kappa shape index (κ3) is 2.14. The smallest absolute Gasteiger partial charge is 0.159 e. The molecule has 0 atom stereocenters. The molecular weight excluding hydrogens is 200 g/mol. The number of benzene rings is 1. The van der Waals surface area contributed by atoms with Gasteiger partial charge in [-0.05, 0) is 19.9 Å². The molecule has 0 saturated heterocycles. The molecule has 1 heterocycles. The predicted molar refractivity (Wildman–Crippen MR) is 62.2 cm³/mol. The summed E-state index contributed by atoms with van der Waals surface area (Å²) >= 11 is 0. The number of ketones is 1. The van der Waals surface area contributed by atoms with Crippen LogP contribution in [0.2, 0.25) is 0 Å². The molecule has 0 saturated carbocycles. The molecule has 0 spiro atoms. The molecule has 0 amide bonds. The van der Waals surface area contributed by atoms with Gasteiger partial charge >= 0.3 is 0 Å². The van der Waals surface area contributed by atoms with Gasteiger partial charge in [-0.1, -0.05) is 24.3 Å². The number of carbonyl (C=O) groups excluding carboxylic acids is 1. The van der Waals surface area contributed by atoms with Crippen molar-refractivity contribution in [3.05, 3.63) is 47.9 Å². The molecule has 0 bridgehead atoms. The number of aromatic nitrogens is 2. The van der Waals surface area contributed by atoms with E-state index in [-0.39, 0.29) is 5.78 Å². The number of rotatable bonds is 2. The Morgan fingerprint density at radius 1 is 1.12 bits per heavy atom. The highest BCUT2D eigenvalue weighted by atomic mass is 16.1. The van der Waals surface area contributed by atoms with E-state index in [1.54, 1.807) is 13.1 Å². The lowest BCUT2D eigenvalue weighted by Gasteiger charge is -2.02. The molecule has 0 N–H and O–H groups in total. The van der Waals surface area contributed by atoms with Crippen LogP contribution in [0.5, 0.6) is 0 Å². The monoisotopic (exact) mass is 212 g/mol. The van der Waals surface area contributed by atoms with Gasteiger partial charge in [0.2, 0.25) is 0 Å². The lowest BCUT2D eigenvalue weighted by Crippen LogP contribution is -1.93. The molecule has 1 aromatic carbocycles. The van der Waals surface area contributed by atoms with Gasteiger partial charge in [0.1, 0.15) is 5.82 Å². The molecule has 0 aliphatic heterocycles. The van der Waals surface area contributed by atoms with Gasteiger partial charge in [0.05, 0.1) is 5.69 Å². The molecule has 3 heteroatoms. The topological polar surface area (TPSA) is 42.9 Å². The summed E-state index contributed by atoms with van der Waals surface area (Å²) in [7, 11) is 0. The average Bonchev–Trinajstić information content (AvgIpc) is 2.29. The Bertz CT molecular complexity index is 518. The van der Waals surface area contributed by atoms with E-state index >= 15 is 0 Å². The zero-order valence-electron chi connectivity index (χ0n) is 9.27. The molecule has 3 nitrogen and oxygen atoms in total. The van der Waals surface area contributed by atoms with Crippen molar-refractivity contribution in [3.63, 3.8) is 0 Å². The number of carbonyl (C=O) groups is 1. The molecule has 1 aromatic heterocycles. The van der Waals surface area contributed by atoms with Gasteiger partial charge in [-0.25, -0.2) is 9.97 Å². The van der Waals surface area contributed by atoms with E-state index in [1.165, 1.54) is 0 Å². The predicted octanol–water partition coefficient (Wildman–Crippen LogP) is 2.65. The highest BCUT2D eigenvalue weighted by molar-refractivity contribution is 5.94. The first-order chi connectivity index (χ1) is 7.66. The molecule has 80 valence electrons. The van der Waals surface area contributed by atoms with Gasteiger partial charge in [-0.3, -0.25) is 4.79 Å². The minimum Gasteiger partial charge on any atom is -0.295 e. The molecular formula is C13H12N2O. The van der Waals surface area contributed by atoms with Gasteiger partial charge in [0, 0.05) is 17.3 Å². The first kappa shape index (κ1) is 10.5. The van der Waals surface area contributed by atoms with Gasteiger partial charge in [-0.2, -0.15) is 0 Å². The Balaban J connectivity index is 2.38. The van der Waals surface area contributed by atoms with Crippen molar-refractivity contribution in [1.29, 1.82) is 0 Å². The van der Waals surface area contributed by atoms with Crippen molar-refractivity contribution < 1.29 is 4.79 Å². The van der Waals surface area contributed by atoms with Crippen LogP contribution in [0.3, 0.4) is 0 Å². The largest absolute Gasteiger partial charge is 0.295 e. The normalized spacial score (nSPS) is 10.1. The van der Waals surface area contributed by atoms with Crippen molar-refractivity contribution in [2.75, 3.05) is 0 Å². The number of hydrogen-bond acceptors (Lipinski definition) is 3. The average molecular weight is 212 g/mol. The van der Waals surface area contributed by atoms with Crippen molar-refractivity contribution >= 4 is 5.78 Å². The van der Waals surface area contributed by atoms with E-state index in [1.807, 2.05) is 37.3 Å². The van der Waals surface area contributed by atoms with E-state index in [0.29, 0.717) is 0 Å². The van der Waals surface area contributed by atoms with E-state index in [9.17, 15) is 4.79 Å². The van der Waals surface area contributed by atoms with Crippen LogP contribution in [0.1, 0.15) is 23.1 Å². The minimum atomic E-state index is 0.0745. The molecule has 0 fully saturated rings. The van der Waals surface area contributed by atoms with Gasteiger partial charge < -0.3 is 0 Å². The van der Waals surface area contributed by atoms with Crippen LogP contribution in [0.25, 0.3) is 11.3 Å². The summed E-state index contributed by atoms with van der Waals surface area (Å²) in [6, 6.07) is 9.29. The zero-order valence-corrected chi connectivity index (χ0v) is 9.27. The Kier molecular flexibility index (Phi) is 2.77. The lowest BCUT2D eigenvalue weighted by molar-refractivity contribution is 0.101. The Hall–Kier alpha value is -2.03. The van der Waals surface area contributed by atoms with Crippen LogP contribution in [0.4, 0.5) is 0 Å². The fourth-order valence-electron chi connectivity index (χ4n) is 1.49. The zero-order chi connectivity index (χ0) is 11.5. The van der Waals surface area contributed by atoms with Crippen LogP contribution >= 0.6 is 0 Å². The van der Waals surface area contributed by atoms with E-state index in [2.05, 4.69) is 9.97 Å². The first-order valence-electron chi connectivity index (χ1n) is 5.08. The van der Waals surface area contributed by atoms with Crippen molar-refractivity contribution in [1.82, 2.24) is 9.97 Å². The minimum absolute atomic E-state index is 0.0745. The van der Waals surface area contributed by atoms with Crippen molar-refractivity contribution in [3.8, 4) is 11.3 Å². The second-order valence-corrected chi connectivity index (χ2v) is 3.62. The third-order valence-corrected chi connectivity index (χ3v) is 2.36. The second kappa shape index (κ2) is 4.23. The summed E-state index contributed by atoms with van der Waals surface area (Å²) in [4.78, 5) is 19.5. The van der Waals surface area contributed by atoms with E-state index in [0.717, 1.165) is 22.6 Å². The van der Waals surface area contributed by atoms with E-state index in [4.69, 9.17) is 0 Å². The van der Waals surface area contributed by atoms with Crippen molar-refractivity contribution in [2.24, 2.45) is 0 Å². The fraction of sp³-hybridized carbons (Fsp3) is 0.154. The van der Waals surface area contributed by atoms with Gasteiger partial charge in [0.25, 0.3) is 0 Å². The lowest BCUT2D eigenvalue weighted by atomic mass is 10.1.